The van der Waals surface area contributed by atoms with Gasteiger partial charge in [0.2, 0.25) is 0 Å². The first-order valence-electron chi connectivity index (χ1n) is 5.06. The van der Waals surface area contributed by atoms with Gasteiger partial charge in [-0.15, -0.1) is 0 Å². The van der Waals surface area contributed by atoms with Crippen molar-refractivity contribution >= 4 is 0 Å². The van der Waals surface area contributed by atoms with Crippen LogP contribution in [0.1, 0.15) is 6.92 Å². The average molecular weight is 380 g/mol. The standard InChI is InChI=1S/C8H5F13O2/c1-2-22-7(18,19)8(20,21)23-6(16,17)4(11,12)3(9,10)5(13,14)15/h2H2,1H3. The van der Waals surface area contributed by atoms with Crippen LogP contribution >= 0.6 is 0 Å². The van der Waals surface area contributed by atoms with Gasteiger partial charge in [-0.25, -0.2) is 4.74 Å². The predicted octanol–water partition coefficient (Wildman–Crippen LogP) is 4.65. The fraction of sp³-hybridized carbons (Fsp3) is 1.00. The lowest BCUT2D eigenvalue weighted by Crippen LogP contribution is -2.64. The molecule has 15 heteroatoms. The minimum Gasteiger partial charge on any atom is -0.314 e. The summed E-state index contributed by atoms with van der Waals surface area (Å²) in [5, 5.41) is 0. The highest BCUT2D eigenvalue weighted by molar-refractivity contribution is 4.97. The molecule has 140 valence electrons. The SMILES string of the molecule is CCOC(F)(F)C(F)(F)OC(F)(F)C(F)(F)C(F)(F)C(F)(F)F. The van der Waals surface area contributed by atoms with E-state index in [4.69, 9.17) is 0 Å². The number of alkyl halides is 13. The highest BCUT2D eigenvalue weighted by Crippen LogP contribution is 2.55. The van der Waals surface area contributed by atoms with Gasteiger partial charge in [-0.05, 0) is 6.92 Å². The Morgan fingerprint density at radius 1 is 0.565 bits per heavy atom. The van der Waals surface area contributed by atoms with Crippen LogP contribution in [0.5, 0.6) is 0 Å². The molecule has 0 aromatic rings. The molecule has 0 aromatic heterocycles. The van der Waals surface area contributed by atoms with Gasteiger partial charge in [-0.3, -0.25) is 0 Å². The first kappa shape index (κ1) is 22.0. The monoisotopic (exact) mass is 380 g/mol. The van der Waals surface area contributed by atoms with Crippen molar-refractivity contribution in [1.29, 1.82) is 0 Å². The Kier molecular flexibility index (Phi) is 5.57. The van der Waals surface area contributed by atoms with Crippen LogP contribution in [-0.2, 0) is 9.47 Å². The smallest absolute Gasteiger partial charge is 0.314 e. The molecule has 0 aromatic carbocycles. The van der Waals surface area contributed by atoms with Crippen molar-refractivity contribution < 1.29 is 66.5 Å². The Morgan fingerprint density at radius 2 is 0.957 bits per heavy atom. The third kappa shape index (κ3) is 3.75. The van der Waals surface area contributed by atoms with Crippen LogP contribution in [0.15, 0.2) is 0 Å². The van der Waals surface area contributed by atoms with E-state index in [-0.39, 0.29) is 0 Å². The van der Waals surface area contributed by atoms with Gasteiger partial charge in [-0.1, -0.05) is 0 Å². The maximum Gasteiger partial charge on any atom is 0.460 e. The molecule has 0 saturated carbocycles. The Morgan fingerprint density at radius 3 is 1.26 bits per heavy atom. The van der Waals surface area contributed by atoms with E-state index in [2.05, 4.69) is 4.74 Å². The molecule has 0 fully saturated rings. The Bertz CT molecular complexity index is 413. The summed E-state index contributed by atoms with van der Waals surface area (Å²) in [5.74, 6) is -15.2. The summed E-state index contributed by atoms with van der Waals surface area (Å²) in [5.41, 5.74) is 0. The van der Waals surface area contributed by atoms with Crippen LogP contribution in [0, 0.1) is 0 Å². The number of halogens is 13. The fourth-order valence-corrected chi connectivity index (χ4v) is 0.911. The van der Waals surface area contributed by atoms with Crippen molar-refractivity contribution in [2.45, 2.75) is 43.3 Å². The lowest BCUT2D eigenvalue weighted by atomic mass is 10.1. The molecule has 0 rings (SSSR count). The summed E-state index contributed by atoms with van der Waals surface area (Å²) >= 11 is 0. The van der Waals surface area contributed by atoms with Crippen LogP contribution < -0.4 is 0 Å². The van der Waals surface area contributed by atoms with Gasteiger partial charge in [0.05, 0.1) is 6.61 Å². The maximum absolute atomic E-state index is 12.7. The molecular weight excluding hydrogens is 375 g/mol. The summed E-state index contributed by atoms with van der Waals surface area (Å²) < 4.78 is 165. The second kappa shape index (κ2) is 5.82. The maximum atomic E-state index is 12.7. The van der Waals surface area contributed by atoms with Crippen molar-refractivity contribution in [2.75, 3.05) is 6.61 Å². The van der Waals surface area contributed by atoms with Gasteiger partial charge in [0.1, 0.15) is 0 Å². The first-order chi connectivity index (χ1) is 9.77. The largest absolute Gasteiger partial charge is 0.460 e. The van der Waals surface area contributed by atoms with E-state index >= 15 is 0 Å². The number of ether oxygens (including phenoxy) is 2. The molecule has 0 unspecified atom stereocenters. The zero-order valence-electron chi connectivity index (χ0n) is 10.4. The van der Waals surface area contributed by atoms with Crippen LogP contribution in [0.4, 0.5) is 57.1 Å². The number of rotatable bonds is 7. The molecule has 0 radical (unpaired) electrons. The summed E-state index contributed by atoms with van der Waals surface area (Å²) in [7, 11) is 0. The van der Waals surface area contributed by atoms with Gasteiger partial charge in [0.25, 0.3) is 0 Å². The Hall–Kier alpha value is -0.990. The van der Waals surface area contributed by atoms with Crippen molar-refractivity contribution in [3.05, 3.63) is 0 Å². The van der Waals surface area contributed by atoms with Crippen LogP contribution in [-0.4, -0.2) is 43.0 Å². The molecule has 0 aliphatic rings. The molecule has 23 heavy (non-hydrogen) atoms. The molecule has 0 bridgehead atoms. The molecule has 0 N–H and O–H groups in total. The van der Waals surface area contributed by atoms with Crippen LogP contribution in [0.3, 0.4) is 0 Å². The molecule has 0 amide bonds. The highest BCUT2D eigenvalue weighted by Gasteiger charge is 2.85. The molecule has 0 saturated heterocycles. The zero-order chi connectivity index (χ0) is 19.1. The van der Waals surface area contributed by atoms with E-state index in [1.54, 1.807) is 4.74 Å². The minimum atomic E-state index is -7.63. The van der Waals surface area contributed by atoms with Gasteiger partial charge in [-0.2, -0.15) is 57.1 Å². The van der Waals surface area contributed by atoms with Crippen molar-refractivity contribution in [2.24, 2.45) is 0 Å². The van der Waals surface area contributed by atoms with E-state index in [1.807, 2.05) is 0 Å². The molecule has 0 heterocycles. The average Bonchev–Trinajstić information content (AvgIpc) is 2.24. The summed E-state index contributed by atoms with van der Waals surface area (Å²) in [4.78, 5) is 0. The fourth-order valence-electron chi connectivity index (χ4n) is 0.911. The van der Waals surface area contributed by atoms with E-state index in [9.17, 15) is 57.1 Å². The second-order valence-corrected chi connectivity index (χ2v) is 3.73. The van der Waals surface area contributed by atoms with Crippen molar-refractivity contribution in [1.82, 2.24) is 0 Å². The lowest BCUT2D eigenvalue weighted by molar-refractivity contribution is -0.525. The third-order valence-electron chi connectivity index (χ3n) is 2.04. The summed E-state index contributed by atoms with van der Waals surface area (Å²) in [6.45, 7) is -0.679. The molecule has 0 spiro atoms. The molecule has 0 aliphatic heterocycles. The molecule has 2 nitrogen and oxygen atoms in total. The summed E-state index contributed by atoms with van der Waals surface area (Å²) in [6.07, 6.45) is -27.3. The van der Waals surface area contributed by atoms with E-state index in [0.717, 1.165) is 0 Å². The van der Waals surface area contributed by atoms with Crippen molar-refractivity contribution in [3.63, 3.8) is 0 Å². The van der Waals surface area contributed by atoms with Crippen LogP contribution in [0.25, 0.3) is 0 Å². The molecular formula is C8H5F13O2. The Balaban J connectivity index is 5.74. The van der Waals surface area contributed by atoms with Crippen molar-refractivity contribution in [3.8, 4) is 0 Å². The first-order valence-corrected chi connectivity index (χ1v) is 5.06. The normalized spacial score (nSPS) is 15.9. The quantitative estimate of drug-likeness (QED) is 0.599. The zero-order valence-corrected chi connectivity index (χ0v) is 10.4. The third-order valence-corrected chi connectivity index (χ3v) is 2.04. The van der Waals surface area contributed by atoms with Gasteiger partial charge >= 0.3 is 36.3 Å². The highest BCUT2D eigenvalue weighted by atomic mass is 19.4. The molecule has 0 atom stereocenters. The van der Waals surface area contributed by atoms with E-state index in [1.165, 1.54) is 0 Å². The van der Waals surface area contributed by atoms with Gasteiger partial charge in [0, 0.05) is 0 Å². The number of hydrogen-bond acceptors (Lipinski definition) is 2. The molecule has 0 aliphatic carbocycles. The second-order valence-electron chi connectivity index (χ2n) is 3.73. The van der Waals surface area contributed by atoms with Gasteiger partial charge in [0.15, 0.2) is 0 Å². The van der Waals surface area contributed by atoms with Gasteiger partial charge < -0.3 is 4.74 Å². The Labute approximate surface area is 118 Å². The lowest BCUT2D eigenvalue weighted by Gasteiger charge is -2.35. The predicted molar refractivity (Wildman–Crippen MR) is 43.5 cm³/mol. The number of hydrogen-bond donors (Lipinski definition) is 0. The van der Waals surface area contributed by atoms with E-state index < -0.39 is 43.0 Å². The topological polar surface area (TPSA) is 18.5 Å². The minimum absolute atomic E-state index is 0.620. The van der Waals surface area contributed by atoms with Crippen LogP contribution in [0.2, 0.25) is 0 Å². The van der Waals surface area contributed by atoms with E-state index in [0.29, 0.717) is 6.92 Å². The summed E-state index contributed by atoms with van der Waals surface area (Å²) in [6, 6.07) is 0.